The summed E-state index contributed by atoms with van der Waals surface area (Å²) in [7, 11) is 0. The van der Waals surface area contributed by atoms with Gasteiger partial charge in [-0.1, -0.05) is 0 Å². The van der Waals surface area contributed by atoms with E-state index in [4.69, 9.17) is 0 Å². The van der Waals surface area contributed by atoms with Gasteiger partial charge in [0.15, 0.2) is 0 Å². The van der Waals surface area contributed by atoms with Gasteiger partial charge in [0.05, 0.1) is 10.4 Å². The monoisotopic (exact) mass is 301 g/mol. The van der Waals surface area contributed by atoms with Gasteiger partial charge in [-0.25, -0.2) is 4.98 Å². The Hall–Kier alpha value is -1.46. The molecule has 5 rings (SSSR count). The Morgan fingerprint density at radius 2 is 2.24 bits per heavy atom. The number of thiophene rings is 1. The van der Waals surface area contributed by atoms with Crippen molar-refractivity contribution in [3.8, 4) is 0 Å². The van der Waals surface area contributed by atoms with Gasteiger partial charge in [-0.3, -0.25) is 4.79 Å². The van der Waals surface area contributed by atoms with E-state index in [2.05, 4.69) is 26.6 Å². The van der Waals surface area contributed by atoms with Crippen molar-refractivity contribution in [2.75, 3.05) is 19.6 Å². The maximum absolute atomic E-state index is 12.5. The first-order valence-electron chi connectivity index (χ1n) is 7.59. The van der Waals surface area contributed by atoms with Crippen LogP contribution in [0.25, 0.3) is 10.1 Å². The van der Waals surface area contributed by atoms with Crippen LogP contribution in [-0.2, 0) is 0 Å². The summed E-state index contributed by atoms with van der Waals surface area (Å²) < 4.78 is 1.18. The quantitative estimate of drug-likeness (QED) is 0.926. The molecule has 2 aromatic rings. The van der Waals surface area contributed by atoms with E-state index in [0.29, 0.717) is 17.7 Å². The Morgan fingerprint density at radius 1 is 1.43 bits per heavy atom. The molecule has 5 heterocycles. The molecule has 3 saturated heterocycles. The van der Waals surface area contributed by atoms with E-state index < -0.39 is 0 Å². The number of hydrogen-bond acceptors (Lipinski definition) is 4. The average Bonchev–Trinajstić information content (AvgIpc) is 2.97. The van der Waals surface area contributed by atoms with E-state index in [1.807, 2.05) is 13.0 Å². The van der Waals surface area contributed by atoms with Gasteiger partial charge >= 0.3 is 0 Å². The Kier molecular flexibility index (Phi) is 3.19. The summed E-state index contributed by atoms with van der Waals surface area (Å²) in [6.07, 6.45) is 2.42. The third-order valence-corrected chi connectivity index (χ3v) is 5.85. The van der Waals surface area contributed by atoms with Crippen molar-refractivity contribution in [3.63, 3.8) is 0 Å². The molecule has 1 atom stereocenters. The summed E-state index contributed by atoms with van der Waals surface area (Å²) >= 11 is 1.68. The molecule has 2 bridgehead atoms. The van der Waals surface area contributed by atoms with E-state index in [0.717, 1.165) is 17.6 Å². The van der Waals surface area contributed by atoms with Crippen LogP contribution in [0, 0.1) is 12.8 Å². The third-order valence-electron chi connectivity index (χ3n) is 4.81. The lowest BCUT2D eigenvalue weighted by Gasteiger charge is -2.44. The summed E-state index contributed by atoms with van der Waals surface area (Å²) in [5.74, 6) is 0.620. The molecule has 3 fully saturated rings. The Balaban J connectivity index is 1.56. The van der Waals surface area contributed by atoms with Crippen LogP contribution in [0.4, 0.5) is 0 Å². The van der Waals surface area contributed by atoms with Crippen molar-refractivity contribution in [2.24, 2.45) is 5.92 Å². The minimum Gasteiger partial charge on any atom is -0.346 e. The van der Waals surface area contributed by atoms with Gasteiger partial charge in [-0.2, -0.15) is 0 Å². The molecule has 3 aliphatic heterocycles. The molecule has 5 heteroatoms. The number of carbonyl (C=O) groups is 1. The Morgan fingerprint density at radius 3 is 2.95 bits per heavy atom. The minimum atomic E-state index is -0.0232. The maximum atomic E-state index is 12.5. The van der Waals surface area contributed by atoms with Crippen LogP contribution in [0.1, 0.15) is 29.0 Å². The van der Waals surface area contributed by atoms with Crippen LogP contribution in [0.3, 0.4) is 0 Å². The molecule has 0 aromatic carbocycles. The van der Waals surface area contributed by atoms with Crippen molar-refractivity contribution < 1.29 is 4.79 Å². The molecule has 1 N–H and O–H groups in total. The highest BCUT2D eigenvalue weighted by atomic mass is 32.1. The van der Waals surface area contributed by atoms with Gasteiger partial charge in [0.2, 0.25) is 0 Å². The SMILES string of the molecule is Cc1nc(C(=O)NC2CN3CCC2CC3)cc2ccsc12. The topological polar surface area (TPSA) is 45.2 Å². The zero-order valence-corrected chi connectivity index (χ0v) is 12.9. The minimum absolute atomic E-state index is 0.0232. The first kappa shape index (κ1) is 13.2. The summed E-state index contributed by atoms with van der Waals surface area (Å²) in [5.41, 5.74) is 1.50. The van der Waals surface area contributed by atoms with Gasteiger partial charge in [-0.05, 0) is 61.7 Å². The van der Waals surface area contributed by atoms with Crippen molar-refractivity contribution >= 4 is 27.3 Å². The number of pyridine rings is 1. The standard InChI is InChI=1S/C16H19N3OS/c1-10-15-12(4-7-21-15)8-13(17-10)16(20)18-14-9-19-5-2-11(14)3-6-19/h4,7-8,11,14H,2-3,5-6,9H2,1H3,(H,18,20). The van der Waals surface area contributed by atoms with Gasteiger partial charge in [0.25, 0.3) is 5.91 Å². The van der Waals surface area contributed by atoms with E-state index in [-0.39, 0.29) is 5.91 Å². The van der Waals surface area contributed by atoms with Crippen LogP contribution < -0.4 is 5.32 Å². The predicted octanol–water partition coefficient (Wildman–Crippen LogP) is 2.43. The zero-order valence-electron chi connectivity index (χ0n) is 12.1. The zero-order chi connectivity index (χ0) is 14.4. The van der Waals surface area contributed by atoms with Crippen LogP contribution in [0.2, 0.25) is 0 Å². The molecule has 0 aliphatic carbocycles. The number of aromatic nitrogens is 1. The third kappa shape index (κ3) is 2.34. The van der Waals surface area contributed by atoms with Crippen molar-refractivity contribution in [3.05, 3.63) is 28.9 Å². The highest BCUT2D eigenvalue weighted by Gasteiger charge is 2.35. The molecule has 3 aliphatic rings. The van der Waals surface area contributed by atoms with E-state index >= 15 is 0 Å². The second-order valence-electron chi connectivity index (χ2n) is 6.15. The predicted molar refractivity (Wildman–Crippen MR) is 84.8 cm³/mol. The van der Waals surface area contributed by atoms with Crippen LogP contribution in [0.15, 0.2) is 17.5 Å². The van der Waals surface area contributed by atoms with Gasteiger partial charge < -0.3 is 10.2 Å². The molecule has 2 aromatic heterocycles. The first-order chi connectivity index (χ1) is 10.2. The smallest absolute Gasteiger partial charge is 0.270 e. The van der Waals surface area contributed by atoms with Crippen molar-refractivity contribution in [1.82, 2.24) is 15.2 Å². The fourth-order valence-electron chi connectivity index (χ4n) is 3.63. The Bertz CT molecular complexity index is 688. The first-order valence-corrected chi connectivity index (χ1v) is 8.47. The van der Waals surface area contributed by atoms with Gasteiger partial charge in [0.1, 0.15) is 5.69 Å². The number of amides is 1. The van der Waals surface area contributed by atoms with Crippen LogP contribution in [0.5, 0.6) is 0 Å². The number of hydrogen-bond donors (Lipinski definition) is 1. The maximum Gasteiger partial charge on any atom is 0.270 e. The second-order valence-corrected chi connectivity index (χ2v) is 7.07. The van der Waals surface area contributed by atoms with E-state index in [1.165, 1.54) is 30.6 Å². The molecule has 110 valence electrons. The molecule has 1 unspecified atom stereocenters. The number of nitrogens with zero attached hydrogens (tertiary/aromatic N) is 2. The number of rotatable bonds is 2. The summed E-state index contributed by atoms with van der Waals surface area (Å²) in [6, 6.07) is 4.26. The lowest BCUT2D eigenvalue weighted by Crippen LogP contribution is -2.57. The van der Waals surface area contributed by atoms with Crippen molar-refractivity contribution in [1.29, 1.82) is 0 Å². The van der Waals surface area contributed by atoms with Crippen molar-refractivity contribution in [2.45, 2.75) is 25.8 Å². The second kappa shape index (κ2) is 5.07. The molecular weight excluding hydrogens is 282 g/mol. The number of aryl methyl sites for hydroxylation is 1. The molecule has 0 radical (unpaired) electrons. The van der Waals surface area contributed by atoms with Gasteiger partial charge in [0, 0.05) is 12.6 Å². The molecule has 0 saturated carbocycles. The number of piperidine rings is 3. The molecular formula is C16H19N3OS. The van der Waals surface area contributed by atoms with Gasteiger partial charge in [-0.15, -0.1) is 11.3 Å². The molecule has 21 heavy (non-hydrogen) atoms. The lowest BCUT2D eigenvalue weighted by atomic mass is 9.84. The fraction of sp³-hybridized carbons (Fsp3) is 0.500. The largest absolute Gasteiger partial charge is 0.346 e. The number of carbonyl (C=O) groups excluding carboxylic acids is 1. The number of nitrogens with one attached hydrogen (secondary N) is 1. The Labute approximate surface area is 128 Å². The highest BCUT2D eigenvalue weighted by Crippen LogP contribution is 2.28. The molecule has 4 nitrogen and oxygen atoms in total. The molecule has 0 spiro atoms. The summed E-state index contributed by atoms with van der Waals surface area (Å²) in [6.45, 7) is 5.35. The average molecular weight is 301 g/mol. The summed E-state index contributed by atoms with van der Waals surface area (Å²) in [4.78, 5) is 19.5. The van der Waals surface area contributed by atoms with Crippen LogP contribution >= 0.6 is 11.3 Å². The highest BCUT2D eigenvalue weighted by molar-refractivity contribution is 7.17. The normalized spacial score (nSPS) is 28.0. The van der Waals surface area contributed by atoms with E-state index in [9.17, 15) is 4.79 Å². The fourth-order valence-corrected chi connectivity index (χ4v) is 4.46. The van der Waals surface area contributed by atoms with Crippen LogP contribution in [-0.4, -0.2) is 41.5 Å². The van der Waals surface area contributed by atoms with E-state index in [1.54, 1.807) is 11.3 Å². The summed E-state index contributed by atoms with van der Waals surface area (Å²) in [5, 5.41) is 6.38. The lowest BCUT2D eigenvalue weighted by molar-refractivity contribution is 0.0618. The number of fused-ring (bicyclic) bond motifs is 4. The molecule has 1 amide bonds.